The van der Waals surface area contributed by atoms with Crippen molar-refractivity contribution in [1.29, 1.82) is 0 Å². The van der Waals surface area contributed by atoms with Gasteiger partial charge in [-0.15, -0.1) is 11.6 Å². The molecule has 0 N–H and O–H groups in total. The number of alkyl halides is 1. The quantitative estimate of drug-likeness (QED) is 0.683. The lowest BCUT2D eigenvalue weighted by Gasteiger charge is -2.31. The smallest absolute Gasteiger partial charge is 0.225 e. The van der Waals surface area contributed by atoms with Crippen molar-refractivity contribution < 1.29 is 4.79 Å². The van der Waals surface area contributed by atoms with Crippen LogP contribution >= 0.6 is 11.6 Å². The summed E-state index contributed by atoms with van der Waals surface area (Å²) < 4.78 is 0. The SMILES string of the molecule is CC1CCC(C(=O)N2CCCC2CCl)CC1. The van der Waals surface area contributed by atoms with E-state index in [0.717, 1.165) is 38.1 Å². The van der Waals surface area contributed by atoms with Gasteiger partial charge in [0.15, 0.2) is 0 Å². The molecule has 1 aliphatic heterocycles. The second kappa shape index (κ2) is 5.39. The number of hydrogen-bond donors (Lipinski definition) is 0. The summed E-state index contributed by atoms with van der Waals surface area (Å²) in [5, 5.41) is 0. The fourth-order valence-electron chi connectivity index (χ4n) is 3.03. The van der Waals surface area contributed by atoms with Crippen LogP contribution in [-0.4, -0.2) is 29.3 Å². The summed E-state index contributed by atoms with van der Waals surface area (Å²) in [6, 6.07) is 0.313. The lowest BCUT2D eigenvalue weighted by molar-refractivity contribution is -0.137. The highest BCUT2D eigenvalue weighted by Crippen LogP contribution is 2.31. The molecule has 2 fully saturated rings. The molecule has 2 aliphatic rings. The topological polar surface area (TPSA) is 20.3 Å². The van der Waals surface area contributed by atoms with Gasteiger partial charge in [-0.3, -0.25) is 4.79 Å². The molecule has 2 nitrogen and oxygen atoms in total. The predicted octanol–water partition coefficient (Wildman–Crippen LogP) is 3.04. The molecule has 16 heavy (non-hydrogen) atoms. The molecular formula is C13H22ClNO. The van der Waals surface area contributed by atoms with Crippen LogP contribution in [0.15, 0.2) is 0 Å². The molecule has 92 valence electrons. The average molecular weight is 244 g/mol. The van der Waals surface area contributed by atoms with Gasteiger partial charge in [-0.2, -0.15) is 0 Å². The summed E-state index contributed by atoms with van der Waals surface area (Å²) in [6.45, 7) is 3.22. The number of carbonyl (C=O) groups is 1. The van der Waals surface area contributed by atoms with Gasteiger partial charge in [0.2, 0.25) is 5.91 Å². The van der Waals surface area contributed by atoms with Crippen LogP contribution in [0.3, 0.4) is 0 Å². The molecule has 1 heterocycles. The predicted molar refractivity (Wildman–Crippen MR) is 66.6 cm³/mol. The normalized spacial score (nSPS) is 35.4. The van der Waals surface area contributed by atoms with E-state index in [1.165, 1.54) is 12.8 Å². The molecule has 1 amide bonds. The first kappa shape index (κ1) is 12.2. The van der Waals surface area contributed by atoms with Crippen molar-refractivity contribution in [2.75, 3.05) is 12.4 Å². The minimum atomic E-state index is 0.292. The molecule has 3 heteroatoms. The zero-order valence-corrected chi connectivity index (χ0v) is 10.9. The Morgan fingerprint density at radius 3 is 2.56 bits per heavy atom. The minimum absolute atomic E-state index is 0.292. The number of hydrogen-bond acceptors (Lipinski definition) is 1. The van der Waals surface area contributed by atoms with Crippen LogP contribution in [0.1, 0.15) is 45.4 Å². The van der Waals surface area contributed by atoms with Crippen molar-refractivity contribution >= 4 is 17.5 Å². The van der Waals surface area contributed by atoms with Crippen LogP contribution in [0.4, 0.5) is 0 Å². The van der Waals surface area contributed by atoms with Crippen molar-refractivity contribution in [3.8, 4) is 0 Å². The van der Waals surface area contributed by atoms with E-state index < -0.39 is 0 Å². The van der Waals surface area contributed by atoms with Gasteiger partial charge in [0.25, 0.3) is 0 Å². The molecule has 0 spiro atoms. The molecule has 0 aromatic heterocycles. The Kier molecular flexibility index (Phi) is 4.12. The maximum atomic E-state index is 12.3. The van der Waals surface area contributed by atoms with E-state index in [4.69, 9.17) is 11.6 Å². The van der Waals surface area contributed by atoms with E-state index in [9.17, 15) is 4.79 Å². The summed E-state index contributed by atoms with van der Waals surface area (Å²) in [6.07, 6.45) is 6.84. The Morgan fingerprint density at radius 2 is 1.94 bits per heavy atom. The standard InChI is InChI=1S/C13H22ClNO/c1-10-4-6-11(7-5-10)13(16)15-8-2-3-12(15)9-14/h10-12H,2-9H2,1H3. The Bertz CT molecular complexity index is 248. The Morgan fingerprint density at radius 1 is 1.25 bits per heavy atom. The van der Waals surface area contributed by atoms with Gasteiger partial charge in [-0.1, -0.05) is 6.92 Å². The number of likely N-dealkylation sites (tertiary alicyclic amines) is 1. The third-order valence-electron chi connectivity index (χ3n) is 4.20. The molecule has 0 aromatic carbocycles. The van der Waals surface area contributed by atoms with Crippen molar-refractivity contribution in [2.45, 2.75) is 51.5 Å². The fraction of sp³-hybridized carbons (Fsp3) is 0.923. The van der Waals surface area contributed by atoms with E-state index in [2.05, 4.69) is 6.92 Å². The Hall–Kier alpha value is -0.240. The monoisotopic (exact) mass is 243 g/mol. The van der Waals surface area contributed by atoms with E-state index in [-0.39, 0.29) is 0 Å². The molecule has 2 rings (SSSR count). The van der Waals surface area contributed by atoms with Crippen LogP contribution in [0.5, 0.6) is 0 Å². The summed E-state index contributed by atoms with van der Waals surface area (Å²) in [7, 11) is 0. The number of carbonyl (C=O) groups excluding carboxylic acids is 1. The molecule has 1 saturated carbocycles. The van der Waals surface area contributed by atoms with Crippen molar-refractivity contribution in [1.82, 2.24) is 4.90 Å². The summed E-state index contributed by atoms with van der Waals surface area (Å²) in [5.74, 6) is 2.09. The van der Waals surface area contributed by atoms with E-state index in [1.54, 1.807) is 0 Å². The maximum Gasteiger partial charge on any atom is 0.225 e. The molecule has 1 unspecified atom stereocenters. The van der Waals surface area contributed by atoms with Gasteiger partial charge in [-0.25, -0.2) is 0 Å². The van der Waals surface area contributed by atoms with Gasteiger partial charge in [0.05, 0.1) is 0 Å². The Labute approximate surface area is 103 Å². The average Bonchev–Trinajstić information content (AvgIpc) is 2.77. The van der Waals surface area contributed by atoms with E-state index in [0.29, 0.717) is 23.7 Å². The first-order chi connectivity index (χ1) is 7.72. The third kappa shape index (κ3) is 2.53. The minimum Gasteiger partial charge on any atom is -0.338 e. The largest absolute Gasteiger partial charge is 0.338 e. The van der Waals surface area contributed by atoms with Gasteiger partial charge < -0.3 is 4.90 Å². The molecule has 1 aliphatic carbocycles. The van der Waals surface area contributed by atoms with Crippen LogP contribution in [-0.2, 0) is 4.79 Å². The number of amides is 1. The number of nitrogens with zero attached hydrogens (tertiary/aromatic N) is 1. The molecule has 0 bridgehead atoms. The first-order valence-corrected chi connectivity index (χ1v) is 7.12. The highest BCUT2D eigenvalue weighted by Gasteiger charge is 2.33. The summed E-state index contributed by atoms with van der Waals surface area (Å²) in [4.78, 5) is 14.4. The fourth-order valence-corrected chi connectivity index (χ4v) is 3.35. The molecule has 0 aromatic rings. The lowest BCUT2D eigenvalue weighted by Crippen LogP contribution is -2.41. The zero-order valence-electron chi connectivity index (χ0n) is 10.1. The number of rotatable bonds is 2. The summed E-state index contributed by atoms with van der Waals surface area (Å²) in [5.41, 5.74) is 0. The summed E-state index contributed by atoms with van der Waals surface area (Å²) >= 11 is 5.91. The Balaban J connectivity index is 1.91. The number of halogens is 1. The molecule has 0 radical (unpaired) electrons. The maximum absolute atomic E-state index is 12.3. The van der Waals surface area contributed by atoms with Gasteiger partial charge >= 0.3 is 0 Å². The second-order valence-corrected chi connectivity index (χ2v) is 5.75. The van der Waals surface area contributed by atoms with Crippen molar-refractivity contribution in [3.05, 3.63) is 0 Å². The third-order valence-corrected chi connectivity index (χ3v) is 4.56. The van der Waals surface area contributed by atoms with E-state index in [1.807, 2.05) is 4.90 Å². The van der Waals surface area contributed by atoms with Crippen LogP contribution in [0.2, 0.25) is 0 Å². The van der Waals surface area contributed by atoms with Gasteiger partial charge in [0.1, 0.15) is 0 Å². The molecule has 1 atom stereocenters. The lowest BCUT2D eigenvalue weighted by atomic mass is 9.82. The first-order valence-electron chi connectivity index (χ1n) is 6.58. The van der Waals surface area contributed by atoms with Gasteiger partial charge in [0, 0.05) is 24.4 Å². The van der Waals surface area contributed by atoms with Crippen molar-refractivity contribution in [3.63, 3.8) is 0 Å². The molecular weight excluding hydrogens is 222 g/mol. The highest BCUT2D eigenvalue weighted by atomic mass is 35.5. The van der Waals surface area contributed by atoms with Crippen molar-refractivity contribution in [2.24, 2.45) is 11.8 Å². The van der Waals surface area contributed by atoms with Crippen LogP contribution in [0, 0.1) is 11.8 Å². The second-order valence-electron chi connectivity index (χ2n) is 5.44. The highest BCUT2D eigenvalue weighted by molar-refractivity contribution is 6.18. The molecule has 1 saturated heterocycles. The zero-order chi connectivity index (χ0) is 11.5. The van der Waals surface area contributed by atoms with Crippen LogP contribution < -0.4 is 0 Å². The van der Waals surface area contributed by atoms with E-state index >= 15 is 0 Å². The van der Waals surface area contributed by atoms with Gasteiger partial charge in [-0.05, 0) is 44.4 Å². The van der Waals surface area contributed by atoms with Crippen LogP contribution in [0.25, 0.3) is 0 Å².